The van der Waals surface area contributed by atoms with E-state index >= 15 is 0 Å². The van der Waals surface area contributed by atoms with Crippen molar-refractivity contribution < 1.29 is 32.2 Å². The monoisotopic (exact) mass is 606 g/mol. The minimum atomic E-state index is -3.78. The zero-order chi connectivity index (χ0) is 30.5. The van der Waals surface area contributed by atoms with E-state index < -0.39 is 15.8 Å². The van der Waals surface area contributed by atoms with Crippen molar-refractivity contribution in [2.24, 2.45) is 5.14 Å². The van der Waals surface area contributed by atoms with E-state index in [1.165, 1.54) is 6.07 Å². The molecule has 3 aromatic carbocycles. The molecule has 1 fully saturated rings. The minimum absolute atomic E-state index is 0.0726. The van der Waals surface area contributed by atoms with E-state index in [2.05, 4.69) is 11.8 Å². The number of carbonyl (C=O) groups excluding carboxylic acids is 1. The van der Waals surface area contributed by atoms with Gasteiger partial charge in [-0.2, -0.15) is 0 Å². The van der Waals surface area contributed by atoms with E-state index in [0.717, 1.165) is 58.9 Å². The summed E-state index contributed by atoms with van der Waals surface area (Å²) in [6.45, 7) is 6.64. The number of cyclic esters (lactones) is 1. The fraction of sp³-hybridized carbons (Fsp3) is 0.424. The van der Waals surface area contributed by atoms with Gasteiger partial charge in [0.1, 0.15) is 11.9 Å². The number of fused-ring (bicyclic) bond motifs is 2. The fourth-order valence-electron chi connectivity index (χ4n) is 5.20. The molecule has 2 aliphatic rings. The molecule has 1 atom stereocenters. The molecule has 43 heavy (non-hydrogen) atoms. The van der Waals surface area contributed by atoms with Crippen LogP contribution in [0.4, 0.5) is 4.79 Å². The molecular formula is C33H38N2O7S. The zero-order valence-electron chi connectivity index (χ0n) is 24.6. The Kier molecular flexibility index (Phi) is 9.57. The molecule has 2 heterocycles. The number of ether oxygens (including phenoxy) is 4. The van der Waals surface area contributed by atoms with E-state index in [1.807, 2.05) is 50.2 Å². The molecule has 0 unspecified atom stereocenters. The Morgan fingerprint density at radius 1 is 1.05 bits per heavy atom. The topological polar surface area (TPSA) is 117 Å². The SMILES string of the molecule is CC1(C)OCc2cc([C@@H]3CN(CCCCCCOCCC#Cc4cccc5ccc(S(N)(=O)=O)cc45)C(=O)O3)ccc2O1. The Hall–Kier alpha value is -3.62. The van der Waals surface area contributed by atoms with Gasteiger partial charge in [0.25, 0.3) is 0 Å². The second-order valence-electron chi connectivity index (χ2n) is 11.3. The van der Waals surface area contributed by atoms with Crippen molar-refractivity contribution in [1.82, 2.24) is 4.90 Å². The number of nitrogens with two attached hydrogens (primary N) is 1. The van der Waals surface area contributed by atoms with Crippen LogP contribution in [0.1, 0.15) is 68.7 Å². The van der Waals surface area contributed by atoms with Crippen LogP contribution in [0.2, 0.25) is 0 Å². The van der Waals surface area contributed by atoms with E-state index in [1.54, 1.807) is 17.0 Å². The number of amides is 1. The molecule has 0 aliphatic carbocycles. The highest BCUT2D eigenvalue weighted by Crippen LogP contribution is 2.35. The van der Waals surface area contributed by atoms with Crippen LogP contribution in [-0.4, -0.2) is 51.5 Å². The largest absolute Gasteiger partial charge is 0.463 e. The minimum Gasteiger partial charge on any atom is -0.463 e. The van der Waals surface area contributed by atoms with Gasteiger partial charge in [-0.25, -0.2) is 18.4 Å². The maximum atomic E-state index is 12.4. The summed E-state index contributed by atoms with van der Waals surface area (Å²) >= 11 is 0. The van der Waals surface area contributed by atoms with Crippen LogP contribution in [-0.2, 0) is 30.8 Å². The standard InChI is InChI=1S/C33H38N2O7S/c1-33(2)40-23-27-20-26(14-16-30(27)42-33)31-22-35(32(36)41-31)17-6-3-4-7-18-39-19-8-5-10-24-11-9-12-25-13-15-28(21-29(24)25)43(34,37)38/h9,11-16,20-21,31H,3-4,6-8,17-19,22-23H2,1-2H3,(H2,34,37,38)/t31-/m0/s1. The van der Waals surface area contributed by atoms with Gasteiger partial charge in [-0.05, 0) is 59.5 Å². The lowest BCUT2D eigenvalue weighted by Crippen LogP contribution is -2.35. The maximum Gasteiger partial charge on any atom is 0.410 e. The van der Waals surface area contributed by atoms with Gasteiger partial charge < -0.3 is 23.8 Å². The van der Waals surface area contributed by atoms with Crippen LogP contribution >= 0.6 is 0 Å². The molecule has 2 N–H and O–H groups in total. The Balaban J connectivity index is 0.968. The first-order valence-electron chi connectivity index (χ1n) is 14.6. The molecule has 2 aliphatic heterocycles. The van der Waals surface area contributed by atoms with Gasteiger partial charge in [0, 0.05) is 44.5 Å². The first-order valence-corrected chi connectivity index (χ1v) is 16.2. The first-order chi connectivity index (χ1) is 20.6. The number of benzene rings is 3. The molecule has 0 spiro atoms. The van der Waals surface area contributed by atoms with Gasteiger partial charge in [0.05, 0.1) is 24.7 Å². The lowest BCUT2D eigenvalue weighted by Gasteiger charge is -2.32. The Morgan fingerprint density at radius 3 is 2.72 bits per heavy atom. The van der Waals surface area contributed by atoms with Crippen molar-refractivity contribution >= 4 is 26.9 Å². The van der Waals surface area contributed by atoms with Gasteiger partial charge in [0.2, 0.25) is 15.8 Å². The molecule has 0 aromatic heterocycles. The molecule has 9 nitrogen and oxygen atoms in total. The first kappa shape index (κ1) is 30.8. The molecule has 0 saturated carbocycles. The average molecular weight is 607 g/mol. The van der Waals surface area contributed by atoms with Crippen LogP contribution in [0.3, 0.4) is 0 Å². The predicted molar refractivity (Wildman–Crippen MR) is 163 cm³/mol. The van der Waals surface area contributed by atoms with E-state index in [4.69, 9.17) is 24.1 Å². The van der Waals surface area contributed by atoms with E-state index in [0.29, 0.717) is 39.3 Å². The number of hydrogen-bond acceptors (Lipinski definition) is 7. The van der Waals surface area contributed by atoms with Crippen molar-refractivity contribution in [3.05, 3.63) is 71.3 Å². The van der Waals surface area contributed by atoms with Crippen molar-refractivity contribution in [2.75, 3.05) is 26.3 Å². The molecular weight excluding hydrogens is 568 g/mol. The molecule has 0 bridgehead atoms. The Bertz CT molecular complexity index is 1640. The number of unbranched alkanes of at least 4 members (excludes halogenated alkanes) is 3. The summed E-state index contributed by atoms with van der Waals surface area (Å²) in [7, 11) is -3.78. The third-order valence-corrected chi connectivity index (χ3v) is 8.43. The summed E-state index contributed by atoms with van der Waals surface area (Å²) in [5.41, 5.74) is 2.68. The molecule has 228 valence electrons. The predicted octanol–water partition coefficient (Wildman–Crippen LogP) is 5.64. The summed E-state index contributed by atoms with van der Waals surface area (Å²) in [5, 5.41) is 6.94. The summed E-state index contributed by atoms with van der Waals surface area (Å²) in [4.78, 5) is 14.3. The van der Waals surface area contributed by atoms with Gasteiger partial charge >= 0.3 is 6.09 Å². The Labute approximate surface area is 253 Å². The van der Waals surface area contributed by atoms with E-state index in [9.17, 15) is 13.2 Å². The fourth-order valence-corrected chi connectivity index (χ4v) is 5.74. The van der Waals surface area contributed by atoms with Gasteiger partial charge in [0.15, 0.2) is 0 Å². The molecule has 0 radical (unpaired) electrons. The smallest absolute Gasteiger partial charge is 0.410 e. The summed E-state index contributed by atoms with van der Waals surface area (Å²) < 4.78 is 46.4. The van der Waals surface area contributed by atoms with Crippen molar-refractivity contribution in [3.63, 3.8) is 0 Å². The number of carbonyl (C=O) groups is 1. The van der Waals surface area contributed by atoms with Gasteiger partial charge in [-0.15, -0.1) is 0 Å². The van der Waals surface area contributed by atoms with Crippen molar-refractivity contribution in [1.29, 1.82) is 0 Å². The number of nitrogens with zero attached hydrogens (tertiary/aromatic N) is 1. The van der Waals surface area contributed by atoms with Crippen molar-refractivity contribution in [3.8, 4) is 17.6 Å². The third kappa shape index (κ3) is 8.06. The lowest BCUT2D eigenvalue weighted by atomic mass is 10.0. The average Bonchev–Trinajstić information content (AvgIpc) is 3.34. The number of sulfonamides is 1. The quantitative estimate of drug-likeness (QED) is 0.222. The summed E-state index contributed by atoms with van der Waals surface area (Å²) in [6, 6.07) is 16.4. The molecule has 1 saturated heterocycles. The van der Waals surface area contributed by atoms with Crippen LogP contribution < -0.4 is 9.88 Å². The number of primary sulfonamides is 1. The number of hydrogen-bond donors (Lipinski definition) is 1. The van der Waals surface area contributed by atoms with Crippen LogP contribution in [0.15, 0.2) is 59.5 Å². The Morgan fingerprint density at radius 2 is 1.88 bits per heavy atom. The number of rotatable bonds is 11. The van der Waals surface area contributed by atoms with E-state index in [-0.39, 0.29) is 17.1 Å². The van der Waals surface area contributed by atoms with Crippen molar-refractivity contribution in [2.45, 2.75) is 69.3 Å². The van der Waals surface area contributed by atoms with Gasteiger partial charge in [-0.1, -0.05) is 48.9 Å². The highest BCUT2D eigenvalue weighted by atomic mass is 32.2. The molecule has 10 heteroatoms. The molecule has 1 amide bonds. The summed E-state index contributed by atoms with van der Waals surface area (Å²) in [5.74, 6) is 6.41. The molecule has 5 rings (SSSR count). The normalized spacial score (nSPS) is 17.6. The van der Waals surface area contributed by atoms with Crippen LogP contribution in [0.5, 0.6) is 5.75 Å². The van der Waals surface area contributed by atoms with Crippen LogP contribution in [0.25, 0.3) is 10.8 Å². The lowest BCUT2D eigenvalue weighted by molar-refractivity contribution is -0.180. The molecule has 3 aromatic rings. The third-order valence-electron chi connectivity index (χ3n) is 7.52. The second kappa shape index (κ2) is 13.3. The zero-order valence-corrected chi connectivity index (χ0v) is 25.5. The second-order valence-corrected chi connectivity index (χ2v) is 12.8. The van der Waals surface area contributed by atoms with Gasteiger partial charge in [-0.3, -0.25) is 0 Å². The summed E-state index contributed by atoms with van der Waals surface area (Å²) in [6.07, 6.45) is 3.89. The highest BCUT2D eigenvalue weighted by Gasteiger charge is 2.33. The highest BCUT2D eigenvalue weighted by molar-refractivity contribution is 7.89. The van der Waals surface area contributed by atoms with Crippen LogP contribution in [0, 0.1) is 11.8 Å². The maximum absolute atomic E-state index is 12.4.